The Bertz CT molecular complexity index is 444. The number of carbonyl (C=O) groups is 1. The molecule has 1 aliphatic heterocycles. The van der Waals surface area contributed by atoms with Crippen LogP contribution in [0.15, 0.2) is 12.3 Å². The van der Waals surface area contributed by atoms with Crippen molar-refractivity contribution in [2.75, 3.05) is 43.9 Å². The molecule has 1 aromatic heterocycles. The van der Waals surface area contributed by atoms with Crippen molar-refractivity contribution in [2.24, 2.45) is 0 Å². The van der Waals surface area contributed by atoms with Gasteiger partial charge in [0.25, 0.3) is 0 Å². The number of nitrogens with two attached hydrogens (primary N) is 1. The molecular weight excluding hydrogens is 236 g/mol. The Morgan fingerprint density at radius 3 is 2.67 bits per heavy atom. The maximum atomic E-state index is 10.8. The summed E-state index contributed by atoms with van der Waals surface area (Å²) in [5.74, 6) is 1.06. The maximum Gasteiger partial charge on any atom is 0.407 e. The molecule has 0 radical (unpaired) electrons. The van der Waals surface area contributed by atoms with Crippen LogP contribution in [0, 0.1) is 0 Å². The SMILES string of the molecule is COc1cc(N)ncc1N1CCN(C(=O)O)CC1. The summed E-state index contributed by atoms with van der Waals surface area (Å²) in [5.41, 5.74) is 6.44. The number of methoxy groups -OCH3 is 1. The van der Waals surface area contributed by atoms with E-state index >= 15 is 0 Å². The smallest absolute Gasteiger partial charge is 0.407 e. The number of nitrogen functional groups attached to an aromatic ring is 1. The Kier molecular flexibility index (Phi) is 3.40. The number of anilines is 2. The molecule has 1 saturated heterocycles. The Morgan fingerprint density at radius 2 is 2.11 bits per heavy atom. The third kappa shape index (κ3) is 2.39. The molecule has 7 heteroatoms. The average molecular weight is 252 g/mol. The van der Waals surface area contributed by atoms with Gasteiger partial charge in [-0.25, -0.2) is 9.78 Å². The number of ether oxygens (including phenoxy) is 1. The van der Waals surface area contributed by atoms with Crippen LogP contribution < -0.4 is 15.4 Å². The summed E-state index contributed by atoms with van der Waals surface area (Å²) in [6.07, 6.45) is 0.780. The van der Waals surface area contributed by atoms with E-state index in [9.17, 15) is 4.79 Å². The predicted molar refractivity (Wildman–Crippen MR) is 67.0 cm³/mol. The lowest BCUT2D eigenvalue weighted by Gasteiger charge is -2.34. The molecule has 1 amide bonds. The first kappa shape index (κ1) is 12.3. The van der Waals surface area contributed by atoms with E-state index in [1.54, 1.807) is 19.4 Å². The highest BCUT2D eigenvalue weighted by atomic mass is 16.5. The van der Waals surface area contributed by atoms with Crippen LogP contribution in [0.4, 0.5) is 16.3 Å². The van der Waals surface area contributed by atoms with E-state index < -0.39 is 6.09 Å². The van der Waals surface area contributed by atoms with Crippen molar-refractivity contribution in [3.63, 3.8) is 0 Å². The van der Waals surface area contributed by atoms with Crippen LogP contribution in [0.1, 0.15) is 0 Å². The monoisotopic (exact) mass is 252 g/mol. The Hall–Kier alpha value is -2.18. The van der Waals surface area contributed by atoms with Gasteiger partial charge in [-0.05, 0) is 0 Å². The van der Waals surface area contributed by atoms with Gasteiger partial charge >= 0.3 is 6.09 Å². The summed E-state index contributed by atoms with van der Waals surface area (Å²) in [4.78, 5) is 18.3. The molecule has 18 heavy (non-hydrogen) atoms. The van der Waals surface area contributed by atoms with Gasteiger partial charge in [-0.15, -0.1) is 0 Å². The third-order valence-corrected chi connectivity index (χ3v) is 2.98. The fraction of sp³-hybridized carbons (Fsp3) is 0.455. The lowest BCUT2D eigenvalue weighted by Crippen LogP contribution is -2.48. The zero-order valence-electron chi connectivity index (χ0n) is 10.2. The minimum absolute atomic E-state index is 0.403. The lowest BCUT2D eigenvalue weighted by molar-refractivity contribution is 0.142. The molecule has 0 atom stereocenters. The molecule has 1 fully saturated rings. The highest BCUT2D eigenvalue weighted by molar-refractivity contribution is 5.66. The van der Waals surface area contributed by atoms with Crippen LogP contribution in [0.25, 0.3) is 0 Å². The minimum Gasteiger partial charge on any atom is -0.494 e. The molecule has 2 heterocycles. The number of hydrogen-bond donors (Lipinski definition) is 2. The molecule has 3 N–H and O–H groups in total. The largest absolute Gasteiger partial charge is 0.494 e. The highest BCUT2D eigenvalue weighted by Crippen LogP contribution is 2.29. The number of piperazine rings is 1. The number of amides is 1. The van der Waals surface area contributed by atoms with Gasteiger partial charge in [-0.1, -0.05) is 0 Å². The Morgan fingerprint density at radius 1 is 1.44 bits per heavy atom. The quantitative estimate of drug-likeness (QED) is 0.795. The molecule has 1 aromatic rings. The third-order valence-electron chi connectivity index (χ3n) is 2.98. The fourth-order valence-corrected chi connectivity index (χ4v) is 1.98. The number of hydrogen-bond acceptors (Lipinski definition) is 5. The number of rotatable bonds is 2. The van der Waals surface area contributed by atoms with Crippen molar-refractivity contribution in [3.05, 3.63) is 12.3 Å². The zero-order valence-corrected chi connectivity index (χ0v) is 10.2. The van der Waals surface area contributed by atoms with Crippen molar-refractivity contribution in [2.45, 2.75) is 0 Å². The molecule has 2 rings (SSSR count). The first-order valence-corrected chi connectivity index (χ1v) is 5.64. The van der Waals surface area contributed by atoms with Crippen LogP contribution in [0.3, 0.4) is 0 Å². The van der Waals surface area contributed by atoms with Crippen LogP contribution in [-0.4, -0.2) is 54.4 Å². The number of nitrogens with zero attached hydrogens (tertiary/aromatic N) is 3. The summed E-state index contributed by atoms with van der Waals surface area (Å²) in [6.45, 7) is 2.19. The first-order valence-electron chi connectivity index (χ1n) is 5.64. The van der Waals surface area contributed by atoms with E-state index in [2.05, 4.69) is 4.98 Å². The molecule has 98 valence electrons. The highest BCUT2D eigenvalue weighted by Gasteiger charge is 2.22. The van der Waals surface area contributed by atoms with Crippen molar-refractivity contribution in [1.82, 2.24) is 9.88 Å². The van der Waals surface area contributed by atoms with Gasteiger partial charge in [0.2, 0.25) is 0 Å². The second-order valence-electron chi connectivity index (χ2n) is 4.04. The predicted octanol–water partition coefficient (Wildman–Crippen LogP) is 0.472. The molecule has 0 spiro atoms. The normalized spacial score (nSPS) is 15.6. The summed E-state index contributed by atoms with van der Waals surface area (Å²) < 4.78 is 5.26. The van der Waals surface area contributed by atoms with E-state index in [4.69, 9.17) is 15.6 Å². The Balaban J connectivity index is 2.12. The second kappa shape index (κ2) is 4.99. The van der Waals surface area contributed by atoms with E-state index in [-0.39, 0.29) is 0 Å². The van der Waals surface area contributed by atoms with Crippen LogP contribution >= 0.6 is 0 Å². The Labute approximate surface area is 105 Å². The van der Waals surface area contributed by atoms with Crippen molar-refractivity contribution in [1.29, 1.82) is 0 Å². The lowest BCUT2D eigenvalue weighted by atomic mass is 10.2. The van der Waals surface area contributed by atoms with Gasteiger partial charge in [0.1, 0.15) is 11.6 Å². The molecule has 0 saturated carbocycles. The first-order chi connectivity index (χ1) is 8.61. The van der Waals surface area contributed by atoms with E-state index in [0.29, 0.717) is 37.7 Å². The fourth-order valence-electron chi connectivity index (χ4n) is 1.98. The average Bonchev–Trinajstić information content (AvgIpc) is 2.38. The van der Waals surface area contributed by atoms with Crippen molar-refractivity contribution in [3.8, 4) is 5.75 Å². The van der Waals surface area contributed by atoms with Crippen LogP contribution in [-0.2, 0) is 0 Å². The van der Waals surface area contributed by atoms with Gasteiger partial charge in [0, 0.05) is 32.2 Å². The van der Waals surface area contributed by atoms with Gasteiger partial charge in [-0.3, -0.25) is 0 Å². The number of aromatic nitrogens is 1. The van der Waals surface area contributed by atoms with Gasteiger partial charge in [0.15, 0.2) is 0 Å². The zero-order chi connectivity index (χ0) is 13.1. The van der Waals surface area contributed by atoms with Gasteiger partial charge in [-0.2, -0.15) is 0 Å². The second-order valence-corrected chi connectivity index (χ2v) is 4.04. The summed E-state index contributed by atoms with van der Waals surface area (Å²) in [7, 11) is 1.58. The molecule has 7 nitrogen and oxygen atoms in total. The molecule has 0 aliphatic carbocycles. The number of carboxylic acid groups (broad SMARTS) is 1. The maximum absolute atomic E-state index is 10.8. The number of pyridine rings is 1. The molecule has 1 aliphatic rings. The standard InChI is InChI=1S/C11H16N4O3/c1-18-9-6-10(12)13-7-8(9)14-2-4-15(5-3-14)11(16)17/h6-7H,2-5H2,1H3,(H2,12,13)(H,16,17). The van der Waals surface area contributed by atoms with E-state index in [0.717, 1.165) is 5.69 Å². The minimum atomic E-state index is -0.878. The molecular formula is C11H16N4O3. The summed E-state index contributed by atoms with van der Waals surface area (Å²) >= 11 is 0. The summed E-state index contributed by atoms with van der Waals surface area (Å²) in [6, 6.07) is 1.67. The topological polar surface area (TPSA) is 91.9 Å². The molecule has 0 bridgehead atoms. The van der Waals surface area contributed by atoms with E-state index in [1.165, 1.54) is 4.90 Å². The van der Waals surface area contributed by atoms with Crippen molar-refractivity contribution >= 4 is 17.6 Å². The molecule has 0 unspecified atom stereocenters. The van der Waals surface area contributed by atoms with Crippen LogP contribution in [0.5, 0.6) is 5.75 Å². The van der Waals surface area contributed by atoms with E-state index in [1.807, 2.05) is 4.90 Å². The molecule has 0 aromatic carbocycles. The van der Waals surface area contributed by atoms with Gasteiger partial charge < -0.3 is 25.4 Å². The van der Waals surface area contributed by atoms with Crippen LogP contribution in [0.2, 0.25) is 0 Å². The summed E-state index contributed by atoms with van der Waals surface area (Å²) in [5, 5.41) is 8.89. The van der Waals surface area contributed by atoms with Gasteiger partial charge in [0.05, 0.1) is 19.0 Å². The van der Waals surface area contributed by atoms with Crippen molar-refractivity contribution < 1.29 is 14.6 Å².